The fourth-order valence-corrected chi connectivity index (χ4v) is 4.00. The number of hydrogen-bond acceptors (Lipinski definition) is 5. The normalized spacial score (nSPS) is 16.8. The van der Waals surface area contributed by atoms with Crippen LogP contribution in [0.15, 0.2) is 60.7 Å². The van der Waals surface area contributed by atoms with E-state index >= 15 is 0 Å². The van der Waals surface area contributed by atoms with Crippen LogP contribution in [-0.2, 0) is 32.1 Å². The summed E-state index contributed by atoms with van der Waals surface area (Å²) in [6.07, 6.45) is 1.25. The highest BCUT2D eigenvalue weighted by molar-refractivity contribution is 5.91. The van der Waals surface area contributed by atoms with Crippen molar-refractivity contribution in [3.63, 3.8) is 0 Å². The van der Waals surface area contributed by atoms with E-state index in [1.165, 1.54) is 4.90 Å². The largest absolute Gasteiger partial charge is 0.461 e. The van der Waals surface area contributed by atoms with Crippen molar-refractivity contribution in [2.75, 3.05) is 6.54 Å². The predicted octanol–water partition coefficient (Wildman–Crippen LogP) is 4.95. The van der Waals surface area contributed by atoms with E-state index < -0.39 is 29.6 Å². The molecule has 176 valence electrons. The number of ketones is 1. The van der Waals surface area contributed by atoms with Crippen molar-refractivity contribution in [1.29, 1.82) is 0 Å². The summed E-state index contributed by atoms with van der Waals surface area (Å²) in [6.45, 7) is 6.04. The van der Waals surface area contributed by atoms with Crippen LogP contribution < -0.4 is 0 Å². The fraction of sp³-hybridized carbons (Fsp3) is 0.444. The van der Waals surface area contributed by atoms with Crippen molar-refractivity contribution in [2.24, 2.45) is 5.92 Å². The molecule has 6 nitrogen and oxygen atoms in total. The molecule has 0 saturated carbocycles. The lowest BCUT2D eigenvalue weighted by molar-refractivity contribution is -0.151. The molecule has 0 aliphatic carbocycles. The van der Waals surface area contributed by atoms with Crippen LogP contribution in [0.2, 0.25) is 0 Å². The van der Waals surface area contributed by atoms with Gasteiger partial charge in [0.1, 0.15) is 12.2 Å². The second kappa shape index (κ2) is 11.1. The van der Waals surface area contributed by atoms with E-state index in [1.54, 1.807) is 20.8 Å². The van der Waals surface area contributed by atoms with Gasteiger partial charge in [0.25, 0.3) is 0 Å². The molecule has 0 bridgehead atoms. The van der Waals surface area contributed by atoms with Gasteiger partial charge in [0, 0.05) is 13.0 Å². The minimum absolute atomic E-state index is 0.0203. The van der Waals surface area contributed by atoms with E-state index in [9.17, 15) is 14.4 Å². The summed E-state index contributed by atoms with van der Waals surface area (Å²) in [5, 5.41) is 0. The number of esters is 1. The molecule has 6 heteroatoms. The van der Waals surface area contributed by atoms with Gasteiger partial charge in [0.15, 0.2) is 5.78 Å². The van der Waals surface area contributed by atoms with Crippen LogP contribution in [0.5, 0.6) is 0 Å². The van der Waals surface area contributed by atoms with Gasteiger partial charge in [0.05, 0.1) is 12.0 Å². The van der Waals surface area contributed by atoms with Crippen LogP contribution in [0.4, 0.5) is 4.79 Å². The first-order valence-corrected chi connectivity index (χ1v) is 11.5. The maximum Gasteiger partial charge on any atom is 0.410 e. The second-order valence-electron chi connectivity index (χ2n) is 9.48. The van der Waals surface area contributed by atoms with Gasteiger partial charge in [0.2, 0.25) is 0 Å². The van der Waals surface area contributed by atoms with Gasteiger partial charge in [-0.3, -0.25) is 14.5 Å². The predicted molar refractivity (Wildman–Crippen MR) is 125 cm³/mol. The van der Waals surface area contributed by atoms with Gasteiger partial charge in [-0.2, -0.15) is 0 Å². The SMILES string of the molecule is CC(C)(C)OC(=O)N1CCC[C@H]1C(=O)CC(Cc1ccccc1)C(=O)OCc1ccccc1. The molecular formula is C27H33NO5. The summed E-state index contributed by atoms with van der Waals surface area (Å²) >= 11 is 0. The van der Waals surface area contributed by atoms with Crippen molar-refractivity contribution >= 4 is 17.8 Å². The second-order valence-corrected chi connectivity index (χ2v) is 9.48. The first-order chi connectivity index (χ1) is 15.7. The Kier molecular flexibility index (Phi) is 8.26. The number of likely N-dealkylation sites (tertiary alicyclic amines) is 1. The molecule has 2 atom stereocenters. The molecule has 1 heterocycles. The minimum Gasteiger partial charge on any atom is -0.461 e. The molecular weight excluding hydrogens is 418 g/mol. The lowest BCUT2D eigenvalue weighted by atomic mass is 9.91. The molecule has 3 rings (SSSR count). The number of Topliss-reactive ketones (excluding diaryl/α,β-unsaturated/α-hetero) is 1. The number of carbonyl (C=O) groups excluding carboxylic acids is 3. The summed E-state index contributed by atoms with van der Waals surface area (Å²) < 4.78 is 11.1. The zero-order chi connectivity index (χ0) is 23.8. The zero-order valence-electron chi connectivity index (χ0n) is 19.7. The van der Waals surface area contributed by atoms with Gasteiger partial charge < -0.3 is 9.47 Å². The third-order valence-electron chi connectivity index (χ3n) is 5.58. The third kappa shape index (κ3) is 7.45. The maximum absolute atomic E-state index is 13.2. The van der Waals surface area contributed by atoms with Gasteiger partial charge >= 0.3 is 12.1 Å². The van der Waals surface area contributed by atoms with E-state index in [0.29, 0.717) is 19.4 Å². The van der Waals surface area contributed by atoms with Crippen molar-refractivity contribution in [1.82, 2.24) is 4.90 Å². The van der Waals surface area contributed by atoms with Gasteiger partial charge in [-0.15, -0.1) is 0 Å². The summed E-state index contributed by atoms with van der Waals surface area (Å²) in [5.41, 5.74) is 1.22. The molecule has 1 saturated heterocycles. The highest BCUT2D eigenvalue weighted by Crippen LogP contribution is 2.25. The Morgan fingerprint density at radius 3 is 2.18 bits per heavy atom. The quantitative estimate of drug-likeness (QED) is 0.531. The maximum atomic E-state index is 13.2. The number of hydrogen-bond donors (Lipinski definition) is 0. The molecule has 33 heavy (non-hydrogen) atoms. The van der Waals surface area contributed by atoms with Gasteiger partial charge in [-0.25, -0.2) is 4.79 Å². The summed E-state index contributed by atoms with van der Waals surface area (Å²) in [5.74, 6) is -1.15. The van der Waals surface area contributed by atoms with E-state index in [1.807, 2.05) is 60.7 Å². The Labute approximate surface area is 195 Å². The lowest BCUT2D eigenvalue weighted by Gasteiger charge is -2.28. The molecule has 0 aromatic heterocycles. The molecule has 1 aliphatic heterocycles. The Balaban J connectivity index is 1.69. The lowest BCUT2D eigenvalue weighted by Crippen LogP contribution is -2.44. The average Bonchev–Trinajstić information content (AvgIpc) is 3.28. The van der Waals surface area contributed by atoms with E-state index in [0.717, 1.165) is 17.5 Å². The van der Waals surface area contributed by atoms with Crippen molar-refractivity contribution in [2.45, 2.75) is 64.7 Å². The Hall–Kier alpha value is -3.15. The smallest absolute Gasteiger partial charge is 0.410 e. The van der Waals surface area contributed by atoms with Crippen LogP contribution in [0.1, 0.15) is 51.2 Å². The molecule has 1 unspecified atom stereocenters. The summed E-state index contributed by atoms with van der Waals surface area (Å²) in [6, 6.07) is 18.5. The number of nitrogens with zero attached hydrogens (tertiary/aromatic N) is 1. The van der Waals surface area contributed by atoms with Crippen LogP contribution in [-0.4, -0.2) is 40.9 Å². The average molecular weight is 452 g/mol. The highest BCUT2D eigenvalue weighted by atomic mass is 16.6. The first kappa shape index (κ1) is 24.5. The monoisotopic (exact) mass is 451 g/mol. The van der Waals surface area contributed by atoms with Gasteiger partial charge in [-0.1, -0.05) is 60.7 Å². The molecule has 2 aromatic carbocycles. The van der Waals surface area contributed by atoms with Crippen LogP contribution in [0, 0.1) is 5.92 Å². The zero-order valence-corrected chi connectivity index (χ0v) is 19.7. The number of amides is 1. The Morgan fingerprint density at radius 2 is 1.58 bits per heavy atom. The van der Waals surface area contributed by atoms with Crippen molar-refractivity contribution in [3.8, 4) is 0 Å². The summed E-state index contributed by atoms with van der Waals surface area (Å²) in [4.78, 5) is 40.4. The van der Waals surface area contributed by atoms with Crippen molar-refractivity contribution in [3.05, 3.63) is 71.8 Å². The standard InChI is InChI=1S/C27H33NO5/c1-27(2,3)33-26(31)28-16-10-15-23(28)24(29)18-22(17-20-11-6-4-7-12-20)25(30)32-19-21-13-8-5-9-14-21/h4-9,11-14,22-23H,10,15-19H2,1-3H3/t22?,23-/m0/s1. The van der Waals surface area contributed by atoms with Crippen molar-refractivity contribution < 1.29 is 23.9 Å². The molecule has 1 aliphatic rings. The summed E-state index contributed by atoms with van der Waals surface area (Å²) in [7, 11) is 0. The van der Waals surface area contributed by atoms with Gasteiger partial charge in [-0.05, 0) is 51.2 Å². The number of carbonyl (C=O) groups is 3. The fourth-order valence-electron chi connectivity index (χ4n) is 4.00. The molecule has 1 fully saturated rings. The van der Waals surface area contributed by atoms with E-state index in [-0.39, 0.29) is 18.8 Å². The van der Waals surface area contributed by atoms with Crippen LogP contribution in [0.25, 0.3) is 0 Å². The molecule has 0 radical (unpaired) electrons. The molecule has 1 amide bonds. The Morgan fingerprint density at radius 1 is 0.970 bits per heavy atom. The third-order valence-corrected chi connectivity index (χ3v) is 5.58. The van der Waals surface area contributed by atoms with E-state index in [4.69, 9.17) is 9.47 Å². The topological polar surface area (TPSA) is 72.9 Å². The number of rotatable bonds is 8. The van der Waals surface area contributed by atoms with E-state index in [2.05, 4.69) is 0 Å². The minimum atomic E-state index is -0.635. The number of ether oxygens (including phenoxy) is 2. The molecule has 2 aromatic rings. The van der Waals surface area contributed by atoms with Crippen LogP contribution in [0.3, 0.4) is 0 Å². The molecule has 0 N–H and O–H groups in total. The number of benzene rings is 2. The first-order valence-electron chi connectivity index (χ1n) is 11.5. The molecule has 0 spiro atoms. The Bertz CT molecular complexity index is 936. The highest BCUT2D eigenvalue weighted by Gasteiger charge is 2.38. The van der Waals surface area contributed by atoms with Crippen LogP contribution >= 0.6 is 0 Å².